The van der Waals surface area contributed by atoms with Crippen LogP contribution >= 0.6 is 11.6 Å². The Morgan fingerprint density at radius 3 is 2.71 bits per heavy atom. The van der Waals surface area contributed by atoms with Crippen LogP contribution in [0.1, 0.15) is 29.5 Å². The van der Waals surface area contributed by atoms with Gasteiger partial charge in [-0.3, -0.25) is 9.59 Å². The Bertz CT molecular complexity index is 838. The predicted octanol–water partition coefficient (Wildman–Crippen LogP) is 0.991. The number of halogens is 1. The fourth-order valence-electron chi connectivity index (χ4n) is 3.29. The maximum Gasteiger partial charge on any atom is 0.243 e. The molecule has 3 N–H and O–H groups in total. The number of hydrogen-bond acceptors (Lipinski definition) is 6. The summed E-state index contributed by atoms with van der Waals surface area (Å²) in [6, 6.07) is 6.94. The van der Waals surface area contributed by atoms with Gasteiger partial charge in [-0.25, -0.2) is 0 Å². The van der Waals surface area contributed by atoms with Crippen molar-refractivity contribution in [2.75, 3.05) is 13.2 Å². The number of nitrogens with zero attached hydrogens (tertiary/aromatic N) is 2. The molecule has 1 aromatic heterocycles. The van der Waals surface area contributed by atoms with Crippen LogP contribution < -0.4 is 5.32 Å². The fourth-order valence-corrected chi connectivity index (χ4v) is 3.41. The normalized spacial score (nSPS) is 20.2. The highest BCUT2D eigenvalue weighted by Gasteiger charge is 2.39. The molecule has 1 saturated heterocycles. The monoisotopic (exact) mass is 407 g/mol. The topological polar surface area (TPSA) is 116 Å². The van der Waals surface area contributed by atoms with Gasteiger partial charge in [-0.1, -0.05) is 28.9 Å². The van der Waals surface area contributed by atoms with Crippen LogP contribution in [0.5, 0.6) is 0 Å². The maximum absolute atomic E-state index is 12.8. The molecule has 3 atom stereocenters. The van der Waals surface area contributed by atoms with Gasteiger partial charge in [-0.15, -0.1) is 0 Å². The molecule has 28 heavy (non-hydrogen) atoms. The van der Waals surface area contributed by atoms with E-state index in [1.54, 1.807) is 37.3 Å². The molecule has 0 aliphatic carbocycles. The van der Waals surface area contributed by atoms with E-state index in [4.69, 9.17) is 16.1 Å². The van der Waals surface area contributed by atoms with Crippen molar-refractivity contribution < 1.29 is 24.3 Å². The number of β-amino-alcohol motifs (C(OH)–C–C–N with tert-alkyl or cyclic N) is 1. The minimum Gasteiger partial charge on any atom is -0.394 e. The molecule has 0 saturated carbocycles. The van der Waals surface area contributed by atoms with Gasteiger partial charge in [0, 0.05) is 24.1 Å². The fraction of sp³-hybridized carbons (Fsp3) is 0.421. The number of aliphatic hydroxyl groups is 2. The summed E-state index contributed by atoms with van der Waals surface area (Å²) in [6.45, 7) is 1.50. The molecule has 3 rings (SSSR count). The molecule has 2 heterocycles. The summed E-state index contributed by atoms with van der Waals surface area (Å²) < 4.78 is 5.06. The summed E-state index contributed by atoms with van der Waals surface area (Å²) >= 11 is 5.87. The van der Waals surface area contributed by atoms with Gasteiger partial charge in [0.05, 0.1) is 30.9 Å². The lowest BCUT2D eigenvalue weighted by molar-refractivity contribution is -0.138. The summed E-state index contributed by atoms with van der Waals surface area (Å²) in [4.78, 5) is 26.8. The molecule has 1 fully saturated rings. The van der Waals surface area contributed by atoms with Gasteiger partial charge in [0.2, 0.25) is 11.8 Å². The number of aromatic nitrogens is 1. The molecular weight excluding hydrogens is 386 g/mol. The highest BCUT2D eigenvalue weighted by atomic mass is 35.5. The number of aryl methyl sites for hydroxylation is 1. The molecule has 150 valence electrons. The van der Waals surface area contributed by atoms with Crippen LogP contribution in [0, 0.1) is 6.92 Å². The lowest BCUT2D eigenvalue weighted by atomic mass is 10.1. The van der Waals surface area contributed by atoms with Crippen molar-refractivity contribution in [2.24, 2.45) is 0 Å². The van der Waals surface area contributed by atoms with Crippen molar-refractivity contribution in [3.05, 3.63) is 52.4 Å². The minimum atomic E-state index is -0.826. The SMILES string of the molecule is Cc1cc(CC(=O)N2C[C@H](O)C[C@H]2C(=O)N[C@@H](CO)c2ccc(Cl)cc2)on1. The van der Waals surface area contributed by atoms with E-state index in [0.717, 1.165) is 0 Å². The Hall–Kier alpha value is -2.42. The second-order valence-corrected chi connectivity index (χ2v) is 7.29. The van der Waals surface area contributed by atoms with E-state index in [-0.39, 0.29) is 31.9 Å². The van der Waals surface area contributed by atoms with Crippen LogP contribution in [0.15, 0.2) is 34.9 Å². The van der Waals surface area contributed by atoms with Crippen molar-refractivity contribution in [2.45, 2.75) is 38.0 Å². The van der Waals surface area contributed by atoms with Gasteiger partial charge < -0.3 is 25.0 Å². The van der Waals surface area contributed by atoms with Gasteiger partial charge in [-0.05, 0) is 24.6 Å². The summed E-state index contributed by atoms with van der Waals surface area (Å²) in [5.41, 5.74) is 1.35. The van der Waals surface area contributed by atoms with Crippen LogP contribution in [0.2, 0.25) is 5.02 Å². The maximum atomic E-state index is 12.8. The number of aliphatic hydroxyl groups excluding tert-OH is 2. The second-order valence-electron chi connectivity index (χ2n) is 6.86. The number of carbonyl (C=O) groups is 2. The summed E-state index contributed by atoms with van der Waals surface area (Å²) in [5.74, 6) is -0.370. The van der Waals surface area contributed by atoms with Crippen molar-refractivity contribution in [1.29, 1.82) is 0 Å². The molecule has 0 radical (unpaired) electrons. The average molecular weight is 408 g/mol. The molecule has 9 heteroatoms. The molecule has 0 unspecified atom stereocenters. The van der Waals surface area contributed by atoms with Crippen molar-refractivity contribution in [3.63, 3.8) is 0 Å². The zero-order valence-corrected chi connectivity index (χ0v) is 16.1. The summed E-state index contributed by atoms with van der Waals surface area (Å²) in [6.07, 6.45) is -0.705. The van der Waals surface area contributed by atoms with Gasteiger partial charge >= 0.3 is 0 Å². The third kappa shape index (κ3) is 4.70. The first kappa shape index (κ1) is 20.3. The number of benzene rings is 1. The molecule has 0 bridgehead atoms. The van der Waals surface area contributed by atoms with E-state index < -0.39 is 24.1 Å². The Kier molecular flexibility index (Phi) is 6.33. The molecule has 1 aliphatic rings. The van der Waals surface area contributed by atoms with Gasteiger partial charge in [0.1, 0.15) is 11.8 Å². The van der Waals surface area contributed by atoms with E-state index in [9.17, 15) is 19.8 Å². The average Bonchev–Trinajstić information content (AvgIpc) is 3.25. The molecule has 0 spiro atoms. The van der Waals surface area contributed by atoms with E-state index in [0.29, 0.717) is 22.0 Å². The number of nitrogens with one attached hydrogen (secondary N) is 1. The Morgan fingerprint density at radius 2 is 2.11 bits per heavy atom. The quantitative estimate of drug-likeness (QED) is 0.657. The largest absolute Gasteiger partial charge is 0.394 e. The van der Waals surface area contributed by atoms with Gasteiger partial charge in [0.25, 0.3) is 0 Å². The van der Waals surface area contributed by atoms with Crippen molar-refractivity contribution in [3.8, 4) is 0 Å². The predicted molar refractivity (Wildman–Crippen MR) is 100 cm³/mol. The highest BCUT2D eigenvalue weighted by molar-refractivity contribution is 6.30. The number of carbonyl (C=O) groups excluding carboxylic acids is 2. The Labute approximate surface area is 167 Å². The van der Waals surface area contributed by atoms with Crippen molar-refractivity contribution in [1.82, 2.24) is 15.4 Å². The molecule has 8 nitrogen and oxygen atoms in total. The number of amides is 2. The lowest BCUT2D eigenvalue weighted by Crippen LogP contribution is -2.47. The number of likely N-dealkylation sites (tertiary alicyclic amines) is 1. The van der Waals surface area contributed by atoms with E-state index in [1.807, 2.05) is 0 Å². The van der Waals surface area contributed by atoms with Crippen LogP contribution in [-0.2, 0) is 16.0 Å². The minimum absolute atomic E-state index is 0.0437. The molecule has 1 aliphatic heterocycles. The van der Waals surface area contributed by atoms with Crippen LogP contribution in [0.3, 0.4) is 0 Å². The molecular formula is C19H22ClN3O5. The van der Waals surface area contributed by atoms with E-state index >= 15 is 0 Å². The molecule has 2 aromatic rings. The first-order valence-electron chi connectivity index (χ1n) is 8.93. The zero-order chi connectivity index (χ0) is 20.3. The Morgan fingerprint density at radius 1 is 1.39 bits per heavy atom. The van der Waals surface area contributed by atoms with Crippen molar-refractivity contribution >= 4 is 23.4 Å². The van der Waals surface area contributed by atoms with Crippen LogP contribution in [-0.4, -0.2) is 57.4 Å². The smallest absolute Gasteiger partial charge is 0.243 e. The third-order valence-corrected chi connectivity index (χ3v) is 4.93. The zero-order valence-electron chi connectivity index (χ0n) is 15.3. The lowest BCUT2D eigenvalue weighted by Gasteiger charge is -2.25. The summed E-state index contributed by atoms with van der Waals surface area (Å²) in [5, 5.41) is 26.7. The Balaban J connectivity index is 1.69. The first-order chi connectivity index (χ1) is 13.4. The van der Waals surface area contributed by atoms with E-state index in [1.165, 1.54) is 4.90 Å². The second kappa shape index (κ2) is 8.72. The first-order valence-corrected chi connectivity index (χ1v) is 9.31. The van der Waals surface area contributed by atoms with Crippen LogP contribution in [0.25, 0.3) is 0 Å². The van der Waals surface area contributed by atoms with E-state index in [2.05, 4.69) is 10.5 Å². The highest BCUT2D eigenvalue weighted by Crippen LogP contribution is 2.22. The number of rotatable bonds is 6. The van der Waals surface area contributed by atoms with Crippen LogP contribution in [0.4, 0.5) is 0 Å². The molecule has 2 amide bonds. The van der Waals surface area contributed by atoms with Gasteiger partial charge in [0.15, 0.2) is 0 Å². The third-order valence-electron chi connectivity index (χ3n) is 4.68. The molecule has 1 aromatic carbocycles. The van der Waals surface area contributed by atoms with Gasteiger partial charge in [-0.2, -0.15) is 0 Å². The summed E-state index contributed by atoms with van der Waals surface area (Å²) in [7, 11) is 0. The standard InChI is InChI=1S/C19H22ClN3O5/c1-11-6-15(28-22-11)8-18(26)23-9-14(25)7-17(23)19(27)21-16(10-24)12-2-4-13(20)5-3-12/h2-6,14,16-17,24-25H,7-10H2,1H3,(H,21,27)/t14-,16+,17+/m1/s1. The number of hydrogen-bond donors (Lipinski definition) is 3.